The second kappa shape index (κ2) is 4.61. The Bertz CT molecular complexity index is 717. The van der Waals surface area contributed by atoms with Gasteiger partial charge in [-0.3, -0.25) is 0 Å². The molecular formula is C14H15N5. The average Bonchev–Trinajstić information content (AvgIpc) is 2.78. The van der Waals surface area contributed by atoms with E-state index in [0.29, 0.717) is 6.54 Å². The lowest BCUT2D eigenvalue weighted by Crippen LogP contribution is -2.05. The number of hydrogen-bond donors (Lipinski definition) is 2. The maximum absolute atomic E-state index is 5.92. The van der Waals surface area contributed by atoms with Crippen molar-refractivity contribution in [2.75, 3.05) is 11.1 Å². The Morgan fingerprint density at radius 1 is 1.32 bits per heavy atom. The molecule has 0 unspecified atom stereocenters. The van der Waals surface area contributed by atoms with Gasteiger partial charge in [0.25, 0.3) is 0 Å². The number of hydrogen-bond acceptors (Lipinski definition) is 4. The second-order valence-electron chi connectivity index (χ2n) is 4.44. The minimum atomic E-state index is 0.642. The lowest BCUT2D eigenvalue weighted by Gasteiger charge is -2.08. The molecular weight excluding hydrogens is 238 g/mol. The van der Waals surface area contributed by atoms with Crippen molar-refractivity contribution in [1.29, 1.82) is 0 Å². The summed E-state index contributed by atoms with van der Waals surface area (Å²) in [4.78, 5) is 4.35. The molecule has 0 spiro atoms. The zero-order valence-corrected chi connectivity index (χ0v) is 10.7. The van der Waals surface area contributed by atoms with Gasteiger partial charge in [-0.05, 0) is 24.6 Å². The number of benzene rings is 1. The lowest BCUT2D eigenvalue weighted by molar-refractivity contribution is 0.920. The van der Waals surface area contributed by atoms with Crippen LogP contribution in [0.1, 0.15) is 11.3 Å². The number of anilines is 2. The maximum Gasteiger partial charge on any atom is 0.152 e. The van der Waals surface area contributed by atoms with Crippen LogP contribution < -0.4 is 11.1 Å². The third-order valence-corrected chi connectivity index (χ3v) is 3.01. The third-order valence-electron chi connectivity index (χ3n) is 3.01. The minimum absolute atomic E-state index is 0.642. The Morgan fingerprint density at radius 2 is 2.16 bits per heavy atom. The molecule has 2 aromatic heterocycles. The first-order chi connectivity index (χ1) is 9.24. The summed E-state index contributed by atoms with van der Waals surface area (Å²) in [6, 6.07) is 9.81. The van der Waals surface area contributed by atoms with Gasteiger partial charge >= 0.3 is 0 Å². The van der Waals surface area contributed by atoms with E-state index in [4.69, 9.17) is 5.73 Å². The van der Waals surface area contributed by atoms with Gasteiger partial charge in [0.2, 0.25) is 0 Å². The summed E-state index contributed by atoms with van der Waals surface area (Å²) in [5.41, 5.74) is 9.70. The highest BCUT2D eigenvalue weighted by molar-refractivity contribution is 5.68. The van der Waals surface area contributed by atoms with E-state index in [2.05, 4.69) is 15.4 Å². The number of nitrogens with zero attached hydrogens (tertiary/aromatic N) is 3. The summed E-state index contributed by atoms with van der Waals surface area (Å²) in [5.74, 6) is 0.811. The molecule has 19 heavy (non-hydrogen) atoms. The first-order valence-electron chi connectivity index (χ1n) is 6.12. The Kier molecular flexibility index (Phi) is 2.79. The molecule has 1 aromatic carbocycles. The number of rotatable bonds is 3. The molecule has 3 rings (SSSR count). The molecule has 3 N–H and O–H groups in total. The van der Waals surface area contributed by atoms with E-state index in [1.54, 1.807) is 6.20 Å². The van der Waals surface area contributed by atoms with Crippen LogP contribution in [-0.4, -0.2) is 14.6 Å². The summed E-state index contributed by atoms with van der Waals surface area (Å²) in [7, 11) is 0. The van der Waals surface area contributed by atoms with Crippen LogP contribution in [0, 0.1) is 6.92 Å². The van der Waals surface area contributed by atoms with Crippen LogP contribution in [0.15, 0.2) is 42.7 Å². The van der Waals surface area contributed by atoms with Crippen molar-refractivity contribution in [2.24, 2.45) is 0 Å². The number of nitrogens with one attached hydrogen (secondary N) is 1. The Balaban J connectivity index is 1.88. The quantitative estimate of drug-likeness (QED) is 0.702. The molecule has 0 fully saturated rings. The van der Waals surface area contributed by atoms with Crippen molar-refractivity contribution in [3.63, 3.8) is 0 Å². The standard InChI is InChI=1S/C14H15N5/c1-10-8-13-14(16-6-7-19(13)18-10)17-9-11-4-2-3-5-12(11)15/h2-8H,9,15H2,1H3,(H,16,17). The van der Waals surface area contributed by atoms with E-state index in [-0.39, 0.29) is 0 Å². The fourth-order valence-electron chi connectivity index (χ4n) is 2.05. The van der Waals surface area contributed by atoms with Crippen LogP contribution >= 0.6 is 0 Å². The van der Waals surface area contributed by atoms with Crippen molar-refractivity contribution in [2.45, 2.75) is 13.5 Å². The molecule has 0 aliphatic carbocycles. The molecule has 5 heteroatoms. The zero-order chi connectivity index (χ0) is 13.2. The van der Waals surface area contributed by atoms with Crippen LogP contribution in [-0.2, 0) is 6.54 Å². The van der Waals surface area contributed by atoms with Crippen molar-refractivity contribution in [3.05, 3.63) is 54.0 Å². The normalized spacial score (nSPS) is 10.8. The molecule has 0 aliphatic rings. The van der Waals surface area contributed by atoms with Crippen molar-refractivity contribution >= 4 is 17.0 Å². The van der Waals surface area contributed by atoms with Crippen LogP contribution in [0.5, 0.6) is 0 Å². The number of aromatic nitrogens is 3. The second-order valence-corrected chi connectivity index (χ2v) is 4.44. The SMILES string of the molecule is Cc1cc2c(NCc3ccccc3N)nccn2n1. The number of fused-ring (bicyclic) bond motifs is 1. The summed E-state index contributed by atoms with van der Waals surface area (Å²) < 4.78 is 1.82. The topological polar surface area (TPSA) is 68.2 Å². The van der Waals surface area contributed by atoms with Crippen molar-refractivity contribution < 1.29 is 0 Å². The first kappa shape index (κ1) is 11.5. The number of nitrogen functional groups attached to an aromatic ring is 1. The van der Waals surface area contributed by atoms with Crippen LogP contribution in [0.3, 0.4) is 0 Å². The van der Waals surface area contributed by atoms with E-state index < -0.39 is 0 Å². The van der Waals surface area contributed by atoms with Gasteiger partial charge in [0.05, 0.1) is 5.69 Å². The van der Waals surface area contributed by atoms with Crippen molar-refractivity contribution in [3.8, 4) is 0 Å². The Morgan fingerprint density at radius 3 is 3.00 bits per heavy atom. The largest absolute Gasteiger partial charge is 0.398 e. The van der Waals surface area contributed by atoms with Gasteiger partial charge in [-0.2, -0.15) is 5.10 Å². The molecule has 96 valence electrons. The fourth-order valence-corrected chi connectivity index (χ4v) is 2.05. The first-order valence-corrected chi connectivity index (χ1v) is 6.12. The molecule has 0 amide bonds. The highest BCUT2D eigenvalue weighted by Gasteiger charge is 2.05. The third kappa shape index (κ3) is 2.22. The van der Waals surface area contributed by atoms with Gasteiger partial charge in [0, 0.05) is 24.6 Å². The molecule has 0 radical (unpaired) electrons. The van der Waals surface area contributed by atoms with Gasteiger partial charge in [-0.15, -0.1) is 0 Å². The average molecular weight is 253 g/mol. The molecule has 0 aliphatic heterocycles. The van der Waals surface area contributed by atoms with E-state index in [9.17, 15) is 0 Å². The highest BCUT2D eigenvalue weighted by atomic mass is 15.2. The highest BCUT2D eigenvalue weighted by Crippen LogP contribution is 2.17. The van der Waals surface area contributed by atoms with E-state index >= 15 is 0 Å². The molecule has 0 atom stereocenters. The number of aryl methyl sites for hydroxylation is 1. The molecule has 5 nitrogen and oxygen atoms in total. The zero-order valence-electron chi connectivity index (χ0n) is 10.7. The van der Waals surface area contributed by atoms with Gasteiger partial charge < -0.3 is 11.1 Å². The molecule has 3 aromatic rings. The maximum atomic E-state index is 5.92. The predicted molar refractivity (Wildman–Crippen MR) is 75.9 cm³/mol. The molecule has 0 saturated carbocycles. The minimum Gasteiger partial charge on any atom is -0.398 e. The Labute approximate surface area is 111 Å². The van der Waals surface area contributed by atoms with Gasteiger partial charge in [0.1, 0.15) is 5.52 Å². The number of nitrogens with two attached hydrogens (primary N) is 1. The van der Waals surface area contributed by atoms with Gasteiger partial charge in [-0.25, -0.2) is 9.50 Å². The summed E-state index contributed by atoms with van der Waals surface area (Å²) in [5, 5.41) is 7.66. The monoisotopic (exact) mass is 253 g/mol. The lowest BCUT2D eigenvalue weighted by atomic mass is 10.2. The predicted octanol–water partition coefficient (Wildman–Crippen LogP) is 2.23. The van der Waals surface area contributed by atoms with E-state index in [1.807, 2.05) is 48.0 Å². The van der Waals surface area contributed by atoms with Crippen LogP contribution in [0.2, 0.25) is 0 Å². The van der Waals surface area contributed by atoms with Gasteiger partial charge in [0.15, 0.2) is 5.82 Å². The van der Waals surface area contributed by atoms with Crippen LogP contribution in [0.25, 0.3) is 5.52 Å². The number of para-hydroxylation sites is 1. The summed E-state index contributed by atoms with van der Waals surface area (Å²) in [6.07, 6.45) is 3.57. The fraction of sp³-hybridized carbons (Fsp3) is 0.143. The molecule has 2 heterocycles. The van der Waals surface area contributed by atoms with Gasteiger partial charge in [-0.1, -0.05) is 18.2 Å². The molecule has 0 bridgehead atoms. The summed E-state index contributed by atoms with van der Waals surface area (Å²) in [6.45, 7) is 2.61. The van der Waals surface area contributed by atoms with Crippen molar-refractivity contribution in [1.82, 2.24) is 14.6 Å². The van der Waals surface area contributed by atoms with E-state index in [1.165, 1.54) is 0 Å². The smallest absolute Gasteiger partial charge is 0.152 e. The van der Waals surface area contributed by atoms with Crippen LogP contribution in [0.4, 0.5) is 11.5 Å². The van der Waals surface area contributed by atoms with E-state index in [0.717, 1.165) is 28.3 Å². The summed E-state index contributed by atoms with van der Waals surface area (Å²) >= 11 is 0. The molecule has 0 saturated heterocycles. The Hall–Kier alpha value is -2.56.